The number of rotatable bonds is 2. The van der Waals surface area contributed by atoms with E-state index in [-0.39, 0.29) is 6.17 Å². The first-order valence-corrected chi connectivity index (χ1v) is 6.84. The molecule has 22 heavy (non-hydrogen) atoms. The standard InChI is InChI=1S/C17H15N5/c18-11-12-5-4-8-14(9-12)22-16(20)10-15(19)21-17(22)13-6-2-1-3-7-13/h1-10,17H,20H2,(H2,19,21)/t17-/m1/s1. The van der Waals surface area contributed by atoms with Gasteiger partial charge in [0.25, 0.3) is 0 Å². The summed E-state index contributed by atoms with van der Waals surface area (Å²) in [6.07, 6.45) is 1.28. The molecule has 0 fully saturated rings. The zero-order valence-electron chi connectivity index (χ0n) is 11.8. The molecule has 2 aromatic carbocycles. The minimum atomic E-state index is -0.347. The van der Waals surface area contributed by atoms with Crippen LogP contribution in [0.2, 0.25) is 0 Å². The third-order valence-corrected chi connectivity index (χ3v) is 3.44. The predicted octanol–water partition coefficient (Wildman–Crippen LogP) is 2.23. The van der Waals surface area contributed by atoms with Crippen LogP contribution in [-0.2, 0) is 0 Å². The number of nitrogens with two attached hydrogens (primary N) is 2. The molecule has 2 aromatic rings. The smallest absolute Gasteiger partial charge is 0.154 e. The average Bonchev–Trinajstić information content (AvgIpc) is 2.55. The van der Waals surface area contributed by atoms with Crippen LogP contribution in [0.1, 0.15) is 17.3 Å². The van der Waals surface area contributed by atoms with Gasteiger partial charge < -0.3 is 16.4 Å². The van der Waals surface area contributed by atoms with Crippen LogP contribution in [0.3, 0.4) is 0 Å². The monoisotopic (exact) mass is 289 g/mol. The molecule has 5 heteroatoms. The van der Waals surface area contributed by atoms with Gasteiger partial charge >= 0.3 is 0 Å². The highest BCUT2D eigenvalue weighted by atomic mass is 15.3. The molecule has 1 heterocycles. The van der Waals surface area contributed by atoms with Gasteiger partial charge in [0, 0.05) is 11.8 Å². The normalized spacial score (nSPS) is 17.4. The molecule has 5 nitrogen and oxygen atoms in total. The van der Waals surface area contributed by atoms with E-state index in [9.17, 15) is 0 Å². The van der Waals surface area contributed by atoms with Crippen molar-refractivity contribution in [1.82, 2.24) is 0 Å². The van der Waals surface area contributed by atoms with Gasteiger partial charge in [0.2, 0.25) is 0 Å². The second-order valence-electron chi connectivity index (χ2n) is 4.94. The molecule has 0 aliphatic carbocycles. The van der Waals surface area contributed by atoms with Crippen LogP contribution in [-0.4, -0.2) is 5.84 Å². The topological polar surface area (TPSA) is 91.4 Å². The molecule has 3 rings (SSSR count). The molecule has 0 radical (unpaired) electrons. The first-order chi connectivity index (χ1) is 10.7. The molecule has 0 saturated heterocycles. The zero-order valence-corrected chi connectivity index (χ0v) is 11.8. The fraction of sp³-hybridized carbons (Fsp3) is 0.0588. The Morgan fingerprint density at radius 1 is 1.05 bits per heavy atom. The van der Waals surface area contributed by atoms with Crippen molar-refractivity contribution in [3.05, 3.63) is 77.6 Å². The van der Waals surface area contributed by atoms with E-state index in [0.717, 1.165) is 11.3 Å². The molecule has 0 aromatic heterocycles. The van der Waals surface area contributed by atoms with Crippen LogP contribution >= 0.6 is 0 Å². The maximum atomic E-state index is 9.09. The van der Waals surface area contributed by atoms with E-state index >= 15 is 0 Å². The summed E-state index contributed by atoms with van der Waals surface area (Å²) < 4.78 is 0. The van der Waals surface area contributed by atoms with Crippen molar-refractivity contribution in [2.24, 2.45) is 16.5 Å². The summed E-state index contributed by atoms with van der Waals surface area (Å²) in [5, 5.41) is 9.09. The van der Waals surface area contributed by atoms with E-state index in [1.165, 1.54) is 0 Å². The molecule has 0 amide bonds. The van der Waals surface area contributed by atoms with Crippen LogP contribution in [0.25, 0.3) is 0 Å². The first-order valence-electron chi connectivity index (χ1n) is 6.84. The van der Waals surface area contributed by atoms with E-state index in [0.29, 0.717) is 17.2 Å². The summed E-state index contributed by atoms with van der Waals surface area (Å²) in [4.78, 5) is 6.36. The molecule has 1 aliphatic rings. The van der Waals surface area contributed by atoms with Gasteiger partial charge in [0.15, 0.2) is 6.17 Å². The number of nitrogens with zero attached hydrogens (tertiary/aromatic N) is 3. The highest BCUT2D eigenvalue weighted by Crippen LogP contribution is 2.33. The Kier molecular flexibility index (Phi) is 3.50. The van der Waals surface area contributed by atoms with Gasteiger partial charge in [-0.25, -0.2) is 4.99 Å². The van der Waals surface area contributed by atoms with Crippen molar-refractivity contribution >= 4 is 11.5 Å². The van der Waals surface area contributed by atoms with E-state index in [1.54, 1.807) is 18.2 Å². The average molecular weight is 289 g/mol. The SMILES string of the molecule is N#Cc1cccc(N2C(N)=CC(N)=N[C@H]2c2ccccc2)c1. The summed E-state index contributed by atoms with van der Waals surface area (Å²) in [6, 6.07) is 19.2. The van der Waals surface area contributed by atoms with Crippen molar-refractivity contribution in [2.75, 3.05) is 4.90 Å². The number of aliphatic imine (C=N–C) groups is 1. The van der Waals surface area contributed by atoms with Crippen molar-refractivity contribution < 1.29 is 0 Å². The molecule has 0 unspecified atom stereocenters. The number of nitriles is 1. The van der Waals surface area contributed by atoms with Gasteiger partial charge in [0.05, 0.1) is 11.6 Å². The number of anilines is 1. The van der Waals surface area contributed by atoms with Gasteiger partial charge in [-0.2, -0.15) is 5.26 Å². The van der Waals surface area contributed by atoms with Gasteiger partial charge in [-0.1, -0.05) is 36.4 Å². The van der Waals surface area contributed by atoms with E-state index in [4.69, 9.17) is 16.7 Å². The molecular weight excluding hydrogens is 274 g/mol. The second kappa shape index (κ2) is 5.62. The Morgan fingerprint density at radius 2 is 1.82 bits per heavy atom. The van der Waals surface area contributed by atoms with Gasteiger partial charge in [-0.3, -0.25) is 0 Å². The maximum absolute atomic E-state index is 9.09. The highest BCUT2D eigenvalue weighted by Gasteiger charge is 2.26. The summed E-state index contributed by atoms with van der Waals surface area (Å²) in [5.41, 5.74) is 14.4. The summed E-state index contributed by atoms with van der Waals surface area (Å²) >= 11 is 0. The van der Waals surface area contributed by atoms with Gasteiger partial charge in [-0.15, -0.1) is 0 Å². The number of hydrogen-bond acceptors (Lipinski definition) is 5. The Bertz CT molecular complexity index is 786. The van der Waals surface area contributed by atoms with E-state index in [2.05, 4.69) is 11.1 Å². The lowest BCUT2D eigenvalue weighted by Crippen LogP contribution is -2.36. The molecule has 0 saturated carbocycles. The number of benzene rings is 2. The molecular formula is C17H15N5. The lowest BCUT2D eigenvalue weighted by Gasteiger charge is -2.34. The van der Waals surface area contributed by atoms with Crippen molar-refractivity contribution in [1.29, 1.82) is 5.26 Å². The molecule has 1 atom stereocenters. The molecule has 4 N–H and O–H groups in total. The van der Waals surface area contributed by atoms with Crippen LogP contribution < -0.4 is 16.4 Å². The quantitative estimate of drug-likeness (QED) is 0.886. The lowest BCUT2D eigenvalue weighted by molar-refractivity contribution is 0.693. The second-order valence-corrected chi connectivity index (χ2v) is 4.94. The van der Waals surface area contributed by atoms with Crippen molar-refractivity contribution in [2.45, 2.75) is 6.17 Å². The lowest BCUT2D eigenvalue weighted by atomic mass is 10.1. The Morgan fingerprint density at radius 3 is 2.55 bits per heavy atom. The maximum Gasteiger partial charge on any atom is 0.154 e. The van der Waals surface area contributed by atoms with Crippen LogP contribution in [0, 0.1) is 11.3 Å². The third-order valence-electron chi connectivity index (χ3n) is 3.44. The third kappa shape index (κ3) is 2.50. The van der Waals surface area contributed by atoms with Gasteiger partial charge in [-0.05, 0) is 23.8 Å². The fourth-order valence-corrected chi connectivity index (χ4v) is 2.46. The summed E-state index contributed by atoms with van der Waals surface area (Å²) in [6.45, 7) is 0. The highest BCUT2D eigenvalue weighted by molar-refractivity contribution is 5.94. The summed E-state index contributed by atoms with van der Waals surface area (Å²) in [5.74, 6) is 0.885. The summed E-state index contributed by atoms with van der Waals surface area (Å²) in [7, 11) is 0. The molecule has 108 valence electrons. The largest absolute Gasteiger partial charge is 0.385 e. The van der Waals surface area contributed by atoms with Crippen molar-refractivity contribution in [3.8, 4) is 6.07 Å². The number of amidine groups is 1. The molecule has 1 aliphatic heterocycles. The Balaban J connectivity index is 2.10. The Labute approximate surface area is 128 Å². The van der Waals surface area contributed by atoms with E-state index in [1.807, 2.05) is 47.4 Å². The Hall–Kier alpha value is -3.26. The molecule has 0 bridgehead atoms. The van der Waals surface area contributed by atoms with Crippen LogP contribution in [0.5, 0.6) is 0 Å². The minimum Gasteiger partial charge on any atom is -0.385 e. The van der Waals surface area contributed by atoms with Crippen LogP contribution in [0.4, 0.5) is 5.69 Å². The van der Waals surface area contributed by atoms with Crippen molar-refractivity contribution in [3.63, 3.8) is 0 Å². The minimum absolute atomic E-state index is 0.347. The first kappa shape index (κ1) is 13.7. The predicted molar refractivity (Wildman–Crippen MR) is 86.7 cm³/mol. The van der Waals surface area contributed by atoms with Gasteiger partial charge in [0.1, 0.15) is 11.7 Å². The fourth-order valence-electron chi connectivity index (χ4n) is 2.46. The number of hydrogen-bond donors (Lipinski definition) is 2. The zero-order chi connectivity index (χ0) is 15.5. The van der Waals surface area contributed by atoms with Crippen LogP contribution in [0.15, 0.2) is 71.5 Å². The van der Waals surface area contributed by atoms with E-state index < -0.39 is 0 Å². The molecule has 0 spiro atoms.